The van der Waals surface area contributed by atoms with E-state index in [1.807, 2.05) is 44.0 Å². The Bertz CT molecular complexity index is 830. The number of benzene rings is 2. The van der Waals surface area contributed by atoms with Gasteiger partial charge in [0.25, 0.3) is 0 Å². The highest BCUT2D eigenvalue weighted by Gasteiger charge is 2.19. The fourth-order valence-corrected chi connectivity index (χ4v) is 2.64. The number of methoxy groups -OCH3 is 1. The molecule has 2 aromatic carbocycles. The van der Waals surface area contributed by atoms with Gasteiger partial charge in [-0.1, -0.05) is 18.2 Å². The predicted molar refractivity (Wildman–Crippen MR) is 105 cm³/mol. The molecule has 0 saturated heterocycles. The van der Waals surface area contributed by atoms with Gasteiger partial charge in [0.05, 0.1) is 31.0 Å². The van der Waals surface area contributed by atoms with Crippen molar-refractivity contribution in [3.63, 3.8) is 0 Å². The van der Waals surface area contributed by atoms with E-state index in [0.29, 0.717) is 35.9 Å². The molecule has 0 fully saturated rings. The molecule has 0 spiro atoms. The number of para-hydroxylation sites is 1. The molecule has 142 valence electrons. The lowest BCUT2D eigenvalue weighted by atomic mass is 10.1. The van der Waals surface area contributed by atoms with Gasteiger partial charge in [0.1, 0.15) is 6.07 Å². The average molecular weight is 367 g/mol. The van der Waals surface area contributed by atoms with Crippen LogP contribution in [0.2, 0.25) is 0 Å². The number of anilines is 1. The van der Waals surface area contributed by atoms with Crippen LogP contribution in [0.1, 0.15) is 25.0 Å². The molecule has 2 aromatic rings. The van der Waals surface area contributed by atoms with E-state index >= 15 is 0 Å². The Hall–Kier alpha value is -3.04. The van der Waals surface area contributed by atoms with Gasteiger partial charge in [-0.2, -0.15) is 5.26 Å². The molecule has 0 aromatic heterocycles. The highest BCUT2D eigenvalue weighted by molar-refractivity contribution is 5.95. The number of nitriles is 1. The van der Waals surface area contributed by atoms with Gasteiger partial charge in [0.15, 0.2) is 11.5 Å². The molecule has 0 bridgehead atoms. The summed E-state index contributed by atoms with van der Waals surface area (Å²) in [7, 11) is 3.48. The summed E-state index contributed by atoms with van der Waals surface area (Å²) in [5.74, 6) is 1.20. The Balaban J connectivity index is 2.05. The highest BCUT2D eigenvalue weighted by Crippen LogP contribution is 2.28. The van der Waals surface area contributed by atoms with E-state index in [1.54, 1.807) is 31.4 Å². The molecule has 0 aliphatic carbocycles. The third-order valence-corrected chi connectivity index (χ3v) is 4.31. The lowest BCUT2D eigenvalue weighted by Crippen LogP contribution is -2.39. The maximum atomic E-state index is 12.6. The third kappa shape index (κ3) is 5.22. The number of hydrogen-bond acceptors (Lipinski definition) is 5. The number of ether oxygens (including phenoxy) is 2. The van der Waals surface area contributed by atoms with E-state index < -0.39 is 0 Å². The molecule has 6 heteroatoms. The van der Waals surface area contributed by atoms with Gasteiger partial charge in [0, 0.05) is 6.54 Å². The van der Waals surface area contributed by atoms with E-state index in [0.717, 1.165) is 5.56 Å². The third-order valence-electron chi connectivity index (χ3n) is 4.31. The van der Waals surface area contributed by atoms with Crippen LogP contribution in [-0.2, 0) is 11.3 Å². The molecule has 6 nitrogen and oxygen atoms in total. The Morgan fingerprint density at radius 1 is 1.26 bits per heavy atom. The quantitative estimate of drug-likeness (QED) is 0.774. The number of likely N-dealkylation sites (N-methyl/N-ethyl adjacent to an activating group) is 1. The molecule has 0 radical (unpaired) electrons. The number of amides is 1. The Kier molecular flexibility index (Phi) is 7.21. The second-order valence-electron chi connectivity index (χ2n) is 6.16. The monoisotopic (exact) mass is 367 g/mol. The predicted octanol–water partition coefficient (Wildman–Crippen LogP) is 3.42. The first-order valence-electron chi connectivity index (χ1n) is 8.80. The number of rotatable bonds is 8. The van der Waals surface area contributed by atoms with Crippen molar-refractivity contribution in [1.82, 2.24) is 4.90 Å². The zero-order chi connectivity index (χ0) is 19.8. The van der Waals surface area contributed by atoms with Crippen molar-refractivity contribution in [3.8, 4) is 17.6 Å². The molecule has 1 atom stereocenters. The van der Waals surface area contributed by atoms with Crippen molar-refractivity contribution < 1.29 is 14.3 Å². The van der Waals surface area contributed by atoms with Crippen LogP contribution in [0, 0.1) is 11.3 Å². The summed E-state index contributed by atoms with van der Waals surface area (Å²) < 4.78 is 10.9. The first kappa shape index (κ1) is 20.3. The van der Waals surface area contributed by atoms with Gasteiger partial charge in [-0.05, 0) is 50.7 Å². The second kappa shape index (κ2) is 9.60. The van der Waals surface area contributed by atoms with Crippen LogP contribution in [0.5, 0.6) is 11.5 Å². The molecular formula is C21H25N3O3. The molecule has 0 saturated carbocycles. The minimum Gasteiger partial charge on any atom is -0.493 e. The second-order valence-corrected chi connectivity index (χ2v) is 6.16. The lowest BCUT2D eigenvalue weighted by molar-refractivity contribution is -0.120. The summed E-state index contributed by atoms with van der Waals surface area (Å²) >= 11 is 0. The SMILES string of the molecule is CCOc1ccc(CN(C)[C@@H](C)C(=O)Nc2ccccc2C#N)cc1OC. The summed E-state index contributed by atoms with van der Waals surface area (Å²) in [6, 6.07) is 14.4. The standard InChI is InChI=1S/C21H25N3O3/c1-5-27-19-11-10-16(12-20(19)26-4)14-24(3)15(2)21(25)23-18-9-7-6-8-17(18)13-22/h6-12,15H,5,14H2,1-4H3,(H,23,25)/t15-/m0/s1. The average Bonchev–Trinajstić information content (AvgIpc) is 2.68. The Morgan fingerprint density at radius 2 is 2.00 bits per heavy atom. The van der Waals surface area contributed by atoms with E-state index in [2.05, 4.69) is 11.4 Å². The van der Waals surface area contributed by atoms with Crippen LogP contribution >= 0.6 is 0 Å². The molecule has 2 rings (SSSR count). The number of carbonyl (C=O) groups is 1. The van der Waals surface area contributed by atoms with E-state index in [9.17, 15) is 4.79 Å². The normalized spacial score (nSPS) is 11.6. The zero-order valence-corrected chi connectivity index (χ0v) is 16.2. The van der Waals surface area contributed by atoms with Gasteiger partial charge in [-0.15, -0.1) is 0 Å². The Morgan fingerprint density at radius 3 is 2.67 bits per heavy atom. The molecule has 27 heavy (non-hydrogen) atoms. The first-order valence-corrected chi connectivity index (χ1v) is 8.80. The number of nitrogens with zero attached hydrogens (tertiary/aromatic N) is 2. The summed E-state index contributed by atoms with van der Waals surface area (Å²) in [5, 5.41) is 12.0. The van der Waals surface area contributed by atoms with Crippen molar-refractivity contribution in [2.75, 3.05) is 26.1 Å². The number of nitrogens with one attached hydrogen (secondary N) is 1. The molecule has 1 amide bonds. The number of hydrogen-bond donors (Lipinski definition) is 1. The minimum absolute atomic E-state index is 0.168. The highest BCUT2D eigenvalue weighted by atomic mass is 16.5. The number of carbonyl (C=O) groups excluding carboxylic acids is 1. The topological polar surface area (TPSA) is 74.6 Å². The van der Waals surface area contributed by atoms with E-state index in [-0.39, 0.29) is 11.9 Å². The van der Waals surface area contributed by atoms with Gasteiger partial charge in [-0.25, -0.2) is 0 Å². The fourth-order valence-electron chi connectivity index (χ4n) is 2.64. The first-order chi connectivity index (χ1) is 13.0. The molecule has 1 N–H and O–H groups in total. The van der Waals surface area contributed by atoms with Crippen molar-refractivity contribution in [2.24, 2.45) is 0 Å². The van der Waals surface area contributed by atoms with Crippen molar-refractivity contribution in [1.29, 1.82) is 5.26 Å². The van der Waals surface area contributed by atoms with Gasteiger partial charge in [-0.3, -0.25) is 9.69 Å². The van der Waals surface area contributed by atoms with Crippen LogP contribution in [0.15, 0.2) is 42.5 Å². The van der Waals surface area contributed by atoms with Crippen LogP contribution in [0.3, 0.4) is 0 Å². The van der Waals surface area contributed by atoms with Crippen LogP contribution in [-0.4, -0.2) is 37.6 Å². The summed E-state index contributed by atoms with van der Waals surface area (Å²) in [4.78, 5) is 14.5. The fraction of sp³-hybridized carbons (Fsp3) is 0.333. The Labute approximate surface area is 160 Å². The molecular weight excluding hydrogens is 342 g/mol. The molecule has 0 aliphatic rings. The molecule has 0 heterocycles. The van der Waals surface area contributed by atoms with E-state index in [1.165, 1.54) is 0 Å². The lowest BCUT2D eigenvalue weighted by Gasteiger charge is -2.24. The van der Waals surface area contributed by atoms with Gasteiger partial charge >= 0.3 is 0 Å². The van der Waals surface area contributed by atoms with E-state index in [4.69, 9.17) is 14.7 Å². The molecule has 0 unspecified atom stereocenters. The molecule has 0 aliphatic heterocycles. The van der Waals surface area contributed by atoms with Gasteiger partial charge < -0.3 is 14.8 Å². The largest absolute Gasteiger partial charge is 0.493 e. The summed E-state index contributed by atoms with van der Waals surface area (Å²) in [6.07, 6.45) is 0. The summed E-state index contributed by atoms with van der Waals surface area (Å²) in [6.45, 7) is 4.89. The van der Waals surface area contributed by atoms with Crippen LogP contribution < -0.4 is 14.8 Å². The summed E-state index contributed by atoms with van der Waals surface area (Å²) in [5.41, 5.74) is 1.97. The van der Waals surface area contributed by atoms with Crippen molar-refractivity contribution in [3.05, 3.63) is 53.6 Å². The van der Waals surface area contributed by atoms with Crippen molar-refractivity contribution >= 4 is 11.6 Å². The maximum Gasteiger partial charge on any atom is 0.241 e. The van der Waals surface area contributed by atoms with Gasteiger partial charge in [0.2, 0.25) is 5.91 Å². The maximum absolute atomic E-state index is 12.6. The van der Waals surface area contributed by atoms with Crippen LogP contribution in [0.4, 0.5) is 5.69 Å². The zero-order valence-electron chi connectivity index (χ0n) is 16.2. The van der Waals surface area contributed by atoms with Crippen LogP contribution in [0.25, 0.3) is 0 Å². The van der Waals surface area contributed by atoms with Crippen molar-refractivity contribution in [2.45, 2.75) is 26.4 Å². The smallest absolute Gasteiger partial charge is 0.241 e. The minimum atomic E-state index is -0.380.